The van der Waals surface area contributed by atoms with Crippen LogP contribution in [0.15, 0.2) is 60.7 Å². The average Bonchev–Trinajstić information content (AvgIpc) is 3.29. The van der Waals surface area contributed by atoms with Gasteiger partial charge in [0.2, 0.25) is 5.78 Å². The van der Waals surface area contributed by atoms with E-state index in [9.17, 15) is 18.4 Å². The zero-order chi connectivity index (χ0) is 25.3. The van der Waals surface area contributed by atoms with E-state index in [4.69, 9.17) is 16.3 Å². The molecule has 3 fully saturated rings. The number of nitrogens with zero attached hydrogens (tertiary/aromatic N) is 1. The Bertz CT molecular complexity index is 1240. The molecule has 0 unspecified atom stereocenters. The molecule has 1 aromatic heterocycles. The maximum absolute atomic E-state index is 13.9. The van der Waals surface area contributed by atoms with Crippen molar-refractivity contribution in [1.29, 1.82) is 0 Å². The number of rotatable bonds is 7. The molecule has 2 bridgehead atoms. The van der Waals surface area contributed by atoms with Gasteiger partial charge in [0, 0.05) is 12.8 Å². The van der Waals surface area contributed by atoms with Gasteiger partial charge in [-0.05, 0) is 53.4 Å². The van der Waals surface area contributed by atoms with Gasteiger partial charge in [0.1, 0.15) is 18.2 Å². The smallest absolute Gasteiger partial charge is 0.408 e. The zero-order valence-electron chi connectivity index (χ0n) is 19.8. The molecule has 196 valence electrons. The third kappa shape index (κ3) is 6.39. The van der Waals surface area contributed by atoms with Crippen molar-refractivity contribution in [2.24, 2.45) is 5.92 Å². The molecule has 3 aliphatic heterocycles. The predicted molar refractivity (Wildman–Crippen MR) is 134 cm³/mol. The summed E-state index contributed by atoms with van der Waals surface area (Å²) in [5, 5.41) is 3.00. The number of hydrogen-bond acceptors (Lipinski definition) is 4. The number of ether oxygens (including phenoxy) is 1. The molecule has 10 heteroatoms. The lowest BCUT2D eigenvalue weighted by atomic mass is 9.81. The fourth-order valence-corrected chi connectivity index (χ4v) is 6.45. The van der Waals surface area contributed by atoms with Crippen molar-refractivity contribution >= 4 is 34.8 Å². The maximum Gasteiger partial charge on any atom is 0.408 e. The number of benzene rings is 2. The summed E-state index contributed by atoms with van der Waals surface area (Å²) in [7, 11) is 0. The molecular formula is C27H26BrClF2N2O3S. The highest BCUT2D eigenvalue weighted by Gasteiger charge is 2.47. The van der Waals surface area contributed by atoms with Crippen LogP contribution in [-0.4, -0.2) is 48.6 Å². The molecule has 0 radical (unpaired) electrons. The van der Waals surface area contributed by atoms with Gasteiger partial charge in [-0.15, -0.1) is 11.3 Å². The molecule has 37 heavy (non-hydrogen) atoms. The van der Waals surface area contributed by atoms with Gasteiger partial charge >= 0.3 is 6.09 Å². The molecule has 1 amide bonds. The minimum absolute atomic E-state index is 0. The van der Waals surface area contributed by atoms with Crippen LogP contribution in [-0.2, 0) is 4.74 Å². The Morgan fingerprint density at radius 1 is 1.03 bits per heavy atom. The van der Waals surface area contributed by atoms with Crippen LogP contribution in [0, 0.1) is 17.6 Å². The van der Waals surface area contributed by atoms with Crippen molar-refractivity contribution in [2.75, 3.05) is 26.2 Å². The van der Waals surface area contributed by atoms with E-state index in [2.05, 4.69) is 5.32 Å². The average molecular weight is 612 g/mol. The fraction of sp³-hybridized carbons (Fsp3) is 0.333. The second kappa shape index (κ2) is 11.6. The third-order valence-corrected chi connectivity index (χ3v) is 8.53. The Labute approximate surface area is 233 Å². The zero-order valence-corrected chi connectivity index (χ0v) is 23.0. The van der Waals surface area contributed by atoms with E-state index >= 15 is 0 Å². The van der Waals surface area contributed by atoms with E-state index in [-0.39, 0.29) is 28.8 Å². The highest BCUT2D eigenvalue weighted by atomic mass is 79.9. The summed E-state index contributed by atoms with van der Waals surface area (Å²) >= 11 is 7.29. The lowest BCUT2D eigenvalue weighted by Gasteiger charge is -2.52. The summed E-state index contributed by atoms with van der Waals surface area (Å²) in [5.74, 6) is -0.589. The third-order valence-electron chi connectivity index (χ3n) is 7.26. The predicted octanol–water partition coefficient (Wildman–Crippen LogP) is 2.99. The van der Waals surface area contributed by atoms with Crippen LogP contribution in [0.3, 0.4) is 0 Å². The Morgan fingerprint density at radius 3 is 2.19 bits per heavy atom. The van der Waals surface area contributed by atoms with Crippen LogP contribution in [0.2, 0.25) is 4.34 Å². The highest BCUT2D eigenvalue weighted by molar-refractivity contribution is 7.18. The number of carbonyl (C=O) groups is 2. The maximum atomic E-state index is 13.9. The number of halogens is 4. The van der Waals surface area contributed by atoms with Crippen LogP contribution in [0.25, 0.3) is 0 Å². The number of nitrogens with one attached hydrogen (secondary N) is 1. The van der Waals surface area contributed by atoms with Crippen LogP contribution >= 0.6 is 22.9 Å². The highest BCUT2D eigenvalue weighted by Crippen LogP contribution is 2.35. The molecule has 0 aliphatic carbocycles. The molecule has 0 saturated carbocycles. The Morgan fingerprint density at radius 2 is 1.65 bits per heavy atom. The van der Waals surface area contributed by atoms with Crippen molar-refractivity contribution in [3.05, 3.63) is 92.6 Å². The second-order valence-electron chi connectivity index (χ2n) is 9.64. The number of Topliss-reactive ketones (excluding diaryl/α,β-unsaturated/α-hetero) is 1. The number of ketones is 1. The summed E-state index contributed by atoms with van der Waals surface area (Å²) in [4.78, 5) is 26.6. The van der Waals surface area contributed by atoms with Gasteiger partial charge < -0.3 is 31.5 Å². The molecule has 4 heterocycles. The molecule has 3 saturated heterocycles. The Hall–Kier alpha value is -2.33. The van der Waals surface area contributed by atoms with E-state index in [1.165, 1.54) is 47.7 Å². The summed E-state index contributed by atoms with van der Waals surface area (Å²) in [6, 6.07) is 14.8. The van der Waals surface area contributed by atoms with Crippen LogP contribution in [0.1, 0.15) is 39.7 Å². The number of piperidine rings is 3. The first-order valence-electron chi connectivity index (χ1n) is 11.9. The summed E-state index contributed by atoms with van der Waals surface area (Å²) in [6.07, 6.45) is 0.189. The molecule has 3 aromatic rings. The first kappa shape index (κ1) is 27.7. The minimum Gasteiger partial charge on any atom is -1.00 e. The first-order chi connectivity index (χ1) is 17.3. The van der Waals surface area contributed by atoms with Crippen LogP contribution in [0.4, 0.5) is 13.6 Å². The number of fused-ring (bicyclic) bond motifs is 3. The number of carbonyl (C=O) groups excluding carboxylic acids is 2. The van der Waals surface area contributed by atoms with Crippen molar-refractivity contribution in [3.63, 3.8) is 0 Å². The van der Waals surface area contributed by atoms with E-state index in [0.29, 0.717) is 43.8 Å². The normalized spacial score (nSPS) is 22.4. The summed E-state index contributed by atoms with van der Waals surface area (Å²) in [5.41, 5.74) is 0.821. The van der Waals surface area contributed by atoms with Crippen molar-refractivity contribution in [2.45, 2.75) is 25.0 Å². The number of quaternary nitrogens is 1. The Kier molecular flexibility index (Phi) is 8.68. The summed E-state index contributed by atoms with van der Waals surface area (Å²) in [6.45, 7) is 2.77. The topological polar surface area (TPSA) is 55.4 Å². The van der Waals surface area contributed by atoms with Crippen LogP contribution < -0.4 is 22.3 Å². The molecule has 1 atom stereocenters. The number of amides is 1. The lowest BCUT2D eigenvalue weighted by molar-refractivity contribution is -0.936. The van der Waals surface area contributed by atoms with Gasteiger partial charge in [-0.2, -0.15) is 0 Å². The molecule has 3 aliphatic rings. The quantitative estimate of drug-likeness (QED) is 0.330. The molecule has 0 spiro atoms. The number of thiophene rings is 1. The van der Waals surface area contributed by atoms with Gasteiger partial charge in [-0.25, -0.2) is 13.6 Å². The van der Waals surface area contributed by atoms with Crippen molar-refractivity contribution < 1.29 is 44.6 Å². The van der Waals surface area contributed by atoms with Gasteiger partial charge in [0.15, 0.2) is 6.10 Å². The van der Waals surface area contributed by atoms with Gasteiger partial charge in [0.25, 0.3) is 0 Å². The number of hydrogen-bond donors (Lipinski definition) is 1. The van der Waals surface area contributed by atoms with Crippen molar-refractivity contribution in [1.82, 2.24) is 5.32 Å². The molecule has 2 aromatic carbocycles. The van der Waals surface area contributed by atoms with E-state index < -0.39 is 23.8 Å². The van der Waals surface area contributed by atoms with Gasteiger partial charge in [-0.3, -0.25) is 4.79 Å². The van der Waals surface area contributed by atoms with E-state index in [1.807, 2.05) is 0 Å². The molecule has 5 nitrogen and oxygen atoms in total. The summed E-state index contributed by atoms with van der Waals surface area (Å²) < 4.78 is 34.8. The second-order valence-corrected chi connectivity index (χ2v) is 11.4. The molecule has 1 N–H and O–H groups in total. The molecular weight excluding hydrogens is 586 g/mol. The monoisotopic (exact) mass is 610 g/mol. The SMILES string of the molecule is O=C(N[C@H]1C[N+]2(CC(=O)c3ccc(Cl)s3)CCC1CC2)OC(c1cccc(F)c1)c1cccc(F)c1.[Br-]. The van der Waals surface area contributed by atoms with Gasteiger partial charge in [-0.1, -0.05) is 35.9 Å². The van der Waals surface area contributed by atoms with Gasteiger partial charge in [0.05, 0.1) is 34.9 Å². The standard InChI is InChI=1S/C27H25ClF2N2O3S.BrH/c28-25-8-7-24(36-25)23(33)16-32-11-9-17(10-12-32)22(15-32)31-27(34)35-26(18-3-1-5-20(29)13-18)19-4-2-6-21(30)14-19;/h1-8,13-14,17,22,26H,9-12,15-16H2;1H/t17?,22-,32?;/m0./s1. The largest absolute Gasteiger partial charge is 1.00 e. The number of alkyl carbamates (subject to hydrolysis) is 1. The van der Waals surface area contributed by atoms with Crippen LogP contribution in [0.5, 0.6) is 0 Å². The first-order valence-corrected chi connectivity index (χ1v) is 13.1. The fourth-order valence-electron chi connectivity index (χ4n) is 5.48. The minimum atomic E-state index is -0.967. The van der Waals surface area contributed by atoms with E-state index in [1.54, 1.807) is 24.3 Å². The Balaban J connectivity index is 0.00000320. The van der Waals surface area contributed by atoms with E-state index in [0.717, 1.165) is 25.9 Å². The lowest BCUT2D eigenvalue weighted by Crippen LogP contribution is -3.00. The molecule has 6 rings (SSSR count). The van der Waals surface area contributed by atoms with Crippen molar-refractivity contribution in [3.8, 4) is 0 Å².